The van der Waals surface area contributed by atoms with Gasteiger partial charge in [0.1, 0.15) is 5.82 Å². The van der Waals surface area contributed by atoms with Crippen molar-refractivity contribution in [1.29, 1.82) is 0 Å². The standard InChI is InChI=1S/C14H17FN2O2/c15-11-4-10(5-16-6-11)14(19)17-13-9-2-1-8(3-9)12(13)7-18/h4-6,8-9,12-13,18H,1-3,7H2,(H,17,19)/t8-,9-,12+,13-/m0/s1. The van der Waals surface area contributed by atoms with E-state index in [9.17, 15) is 14.3 Å². The van der Waals surface area contributed by atoms with E-state index >= 15 is 0 Å². The number of pyridine rings is 1. The van der Waals surface area contributed by atoms with Crippen LogP contribution in [0, 0.1) is 23.6 Å². The zero-order chi connectivity index (χ0) is 13.4. The van der Waals surface area contributed by atoms with Gasteiger partial charge in [0.05, 0.1) is 11.8 Å². The second-order valence-electron chi connectivity index (χ2n) is 5.57. The van der Waals surface area contributed by atoms with Gasteiger partial charge >= 0.3 is 0 Å². The molecule has 2 aliphatic rings. The Morgan fingerprint density at radius 1 is 1.42 bits per heavy atom. The van der Waals surface area contributed by atoms with Gasteiger partial charge in [-0.3, -0.25) is 9.78 Å². The Hall–Kier alpha value is -1.49. The minimum absolute atomic E-state index is 0.0134. The highest BCUT2D eigenvalue weighted by atomic mass is 19.1. The molecule has 1 aromatic rings. The highest BCUT2D eigenvalue weighted by Crippen LogP contribution is 2.48. The summed E-state index contributed by atoms with van der Waals surface area (Å²) in [6.07, 6.45) is 5.76. The van der Waals surface area contributed by atoms with Crippen molar-refractivity contribution in [2.45, 2.75) is 25.3 Å². The van der Waals surface area contributed by atoms with E-state index in [2.05, 4.69) is 10.3 Å². The molecule has 2 bridgehead atoms. The molecule has 1 amide bonds. The Kier molecular flexibility index (Phi) is 3.22. The molecule has 0 saturated heterocycles. The fourth-order valence-electron chi connectivity index (χ4n) is 3.67. The number of halogens is 1. The van der Waals surface area contributed by atoms with Gasteiger partial charge in [-0.05, 0) is 37.2 Å². The molecular weight excluding hydrogens is 247 g/mol. The second-order valence-corrected chi connectivity index (χ2v) is 5.57. The predicted octanol–water partition coefficient (Wildman–Crippen LogP) is 1.36. The number of carbonyl (C=O) groups excluding carboxylic acids is 1. The molecule has 2 aliphatic carbocycles. The molecule has 0 aromatic carbocycles. The minimum atomic E-state index is -0.515. The molecule has 102 valence electrons. The molecule has 0 aliphatic heterocycles. The van der Waals surface area contributed by atoms with Crippen LogP contribution >= 0.6 is 0 Å². The lowest BCUT2D eigenvalue weighted by Crippen LogP contribution is -2.45. The van der Waals surface area contributed by atoms with Crippen LogP contribution in [-0.4, -0.2) is 28.6 Å². The molecule has 3 rings (SSSR count). The fourth-order valence-corrected chi connectivity index (χ4v) is 3.67. The molecule has 1 aromatic heterocycles. The lowest BCUT2D eigenvalue weighted by Gasteiger charge is -2.30. The third kappa shape index (κ3) is 2.23. The van der Waals surface area contributed by atoms with E-state index < -0.39 is 5.82 Å². The van der Waals surface area contributed by atoms with Gasteiger partial charge in [0.25, 0.3) is 5.91 Å². The van der Waals surface area contributed by atoms with E-state index in [0.29, 0.717) is 11.8 Å². The quantitative estimate of drug-likeness (QED) is 0.866. The molecule has 5 heteroatoms. The zero-order valence-electron chi connectivity index (χ0n) is 10.6. The highest BCUT2D eigenvalue weighted by molar-refractivity contribution is 5.94. The number of fused-ring (bicyclic) bond motifs is 2. The van der Waals surface area contributed by atoms with Crippen molar-refractivity contribution in [3.63, 3.8) is 0 Å². The monoisotopic (exact) mass is 264 g/mol. The summed E-state index contributed by atoms with van der Waals surface area (Å²) in [5.74, 6) is 0.296. The minimum Gasteiger partial charge on any atom is -0.396 e. The summed E-state index contributed by atoms with van der Waals surface area (Å²) in [7, 11) is 0. The molecule has 0 spiro atoms. The number of nitrogens with zero attached hydrogens (tertiary/aromatic N) is 1. The van der Waals surface area contributed by atoms with Gasteiger partial charge in [0.2, 0.25) is 0 Å². The molecular formula is C14H17FN2O2. The average molecular weight is 264 g/mol. The maximum absolute atomic E-state index is 13.1. The Morgan fingerprint density at radius 2 is 2.21 bits per heavy atom. The summed E-state index contributed by atoms with van der Waals surface area (Å²) in [6.45, 7) is 0.105. The summed E-state index contributed by atoms with van der Waals surface area (Å²) in [6, 6.07) is 1.20. The molecule has 19 heavy (non-hydrogen) atoms. The van der Waals surface area contributed by atoms with Crippen molar-refractivity contribution in [2.75, 3.05) is 6.61 Å². The van der Waals surface area contributed by atoms with Crippen molar-refractivity contribution in [3.8, 4) is 0 Å². The van der Waals surface area contributed by atoms with Gasteiger partial charge in [0.15, 0.2) is 0 Å². The molecule has 0 unspecified atom stereocenters. The van der Waals surface area contributed by atoms with Gasteiger partial charge in [0, 0.05) is 24.8 Å². The van der Waals surface area contributed by atoms with Gasteiger partial charge in [-0.15, -0.1) is 0 Å². The number of amides is 1. The van der Waals surface area contributed by atoms with Crippen molar-refractivity contribution in [2.24, 2.45) is 17.8 Å². The Balaban J connectivity index is 1.73. The third-order valence-electron chi connectivity index (χ3n) is 4.56. The summed E-state index contributed by atoms with van der Waals surface area (Å²) in [5, 5.41) is 12.4. The Bertz CT molecular complexity index is 494. The number of aliphatic hydroxyl groups is 1. The van der Waals surface area contributed by atoms with Crippen LogP contribution in [-0.2, 0) is 0 Å². The number of nitrogens with one attached hydrogen (secondary N) is 1. The van der Waals surface area contributed by atoms with Crippen LogP contribution in [0.4, 0.5) is 4.39 Å². The molecule has 4 nitrogen and oxygen atoms in total. The second kappa shape index (κ2) is 4.89. The van der Waals surface area contributed by atoms with Crippen LogP contribution in [0.15, 0.2) is 18.5 Å². The van der Waals surface area contributed by atoms with Crippen molar-refractivity contribution >= 4 is 5.91 Å². The molecule has 0 radical (unpaired) electrons. The van der Waals surface area contributed by atoms with Crippen molar-refractivity contribution < 1.29 is 14.3 Å². The van der Waals surface area contributed by atoms with Gasteiger partial charge in [-0.2, -0.15) is 0 Å². The zero-order valence-corrected chi connectivity index (χ0v) is 10.6. The summed E-state index contributed by atoms with van der Waals surface area (Å²) in [4.78, 5) is 15.8. The van der Waals surface area contributed by atoms with Crippen LogP contribution in [0.1, 0.15) is 29.6 Å². The van der Waals surface area contributed by atoms with Gasteiger partial charge in [-0.25, -0.2) is 4.39 Å². The molecule has 2 saturated carbocycles. The van der Waals surface area contributed by atoms with Crippen molar-refractivity contribution in [1.82, 2.24) is 10.3 Å². The maximum atomic E-state index is 13.1. The molecule has 2 fully saturated rings. The fraction of sp³-hybridized carbons (Fsp3) is 0.571. The smallest absolute Gasteiger partial charge is 0.253 e. The first kappa shape index (κ1) is 12.5. The first-order valence-electron chi connectivity index (χ1n) is 6.71. The summed E-state index contributed by atoms with van der Waals surface area (Å²) < 4.78 is 13.1. The number of hydrogen-bond acceptors (Lipinski definition) is 3. The van der Waals surface area contributed by atoms with E-state index in [4.69, 9.17) is 0 Å². The summed E-state index contributed by atoms with van der Waals surface area (Å²) in [5.41, 5.74) is 0.236. The Labute approximate surface area is 111 Å². The first-order chi connectivity index (χ1) is 9.19. The maximum Gasteiger partial charge on any atom is 0.253 e. The van der Waals surface area contributed by atoms with Gasteiger partial charge < -0.3 is 10.4 Å². The van der Waals surface area contributed by atoms with E-state index in [0.717, 1.165) is 25.5 Å². The summed E-state index contributed by atoms with van der Waals surface area (Å²) >= 11 is 0. The average Bonchev–Trinajstić information content (AvgIpc) is 2.99. The number of rotatable bonds is 3. The number of hydrogen-bond donors (Lipinski definition) is 2. The van der Waals surface area contributed by atoms with E-state index in [1.165, 1.54) is 12.3 Å². The van der Waals surface area contributed by atoms with E-state index in [1.54, 1.807) is 0 Å². The van der Waals surface area contributed by atoms with Crippen LogP contribution in [0.25, 0.3) is 0 Å². The van der Waals surface area contributed by atoms with Gasteiger partial charge in [-0.1, -0.05) is 0 Å². The van der Waals surface area contributed by atoms with E-state index in [1.807, 2.05) is 0 Å². The molecule has 4 atom stereocenters. The predicted molar refractivity (Wildman–Crippen MR) is 66.9 cm³/mol. The largest absolute Gasteiger partial charge is 0.396 e. The topological polar surface area (TPSA) is 62.2 Å². The Morgan fingerprint density at radius 3 is 2.95 bits per heavy atom. The lowest BCUT2D eigenvalue weighted by atomic mass is 9.85. The SMILES string of the molecule is O=C(N[C@H]1[C@H]2CC[C@@H](C2)[C@H]1CO)c1cncc(F)c1. The lowest BCUT2D eigenvalue weighted by molar-refractivity contribution is 0.0860. The molecule has 1 heterocycles. The number of aromatic nitrogens is 1. The van der Waals surface area contributed by atoms with Crippen LogP contribution in [0.5, 0.6) is 0 Å². The van der Waals surface area contributed by atoms with Crippen LogP contribution in [0.2, 0.25) is 0 Å². The number of aliphatic hydroxyl groups excluding tert-OH is 1. The molecule has 2 N–H and O–H groups in total. The third-order valence-corrected chi connectivity index (χ3v) is 4.56. The van der Waals surface area contributed by atoms with E-state index in [-0.39, 0.29) is 30.0 Å². The van der Waals surface area contributed by atoms with Crippen molar-refractivity contribution in [3.05, 3.63) is 29.8 Å². The highest BCUT2D eigenvalue weighted by Gasteiger charge is 2.47. The van der Waals surface area contributed by atoms with Crippen LogP contribution < -0.4 is 5.32 Å². The number of carbonyl (C=O) groups is 1. The normalized spacial score (nSPS) is 32.5. The van der Waals surface area contributed by atoms with Crippen LogP contribution in [0.3, 0.4) is 0 Å². The first-order valence-corrected chi connectivity index (χ1v) is 6.71.